The number of hydrogen-bond donors (Lipinski definition) is 1. The van der Waals surface area contributed by atoms with E-state index in [1.807, 2.05) is 55.6 Å². The third kappa shape index (κ3) is 4.23. The lowest BCUT2D eigenvalue weighted by atomic mass is 10.2. The van der Waals surface area contributed by atoms with E-state index in [2.05, 4.69) is 5.32 Å². The molecule has 0 spiro atoms. The second-order valence-corrected chi connectivity index (χ2v) is 4.76. The van der Waals surface area contributed by atoms with E-state index < -0.39 is 0 Å². The molecule has 0 aliphatic heterocycles. The summed E-state index contributed by atoms with van der Waals surface area (Å²) in [5.41, 5.74) is 2.13. The van der Waals surface area contributed by atoms with Crippen molar-refractivity contribution in [3.8, 4) is 5.75 Å². The van der Waals surface area contributed by atoms with Crippen molar-refractivity contribution >= 4 is 11.6 Å². The molecule has 3 nitrogen and oxygen atoms in total. The minimum Gasteiger partial charge on any atom is -0.466 e. The first kappa shape index (κ1) is 14.9. The Morgan fingerprint density at radius 1 is 1.05 bits per heavy atom. The van der Waals surface area contributed by atoms with Gasteiger partial charge < -0.3 is 14.8 Å². The fraction of sp³-hybridized carbons (Fsp3) is 0.250. The largest absolute Gasteiger partial charge is 0.466 e. The highest BCUT2D eigenvalue weighted by atomic mass is 35.5. The summed E-state index contributed by atoms with van der Waals surface area (Å²) in [5.74, 6) is 0.677. The molecule has 0 aromatic heterocycles. The Hall–Kier alpha value is -1.55. The van der Waals surface area contributed by atoms with Crippen molar-refractivity contribution in [2.24, 2.45) is 0 Å². The molecule has 1 N–H and O–H groups in total. The predicted molar refractivity (Wildman–Crippen MR) is 80.9 cm³/mol. The van der Waals surface area contributed by atoms with Gasteiger partial charge in [-0.15, -0.1) is 0 Å². The highest BCUT2D eigenvalue weighted by molar-refractivity contribution is 6.32. The van der Waals surface area contributed by atoms with Crippen LogP contribution in [0, 0.1) is 0 Å². The van der Waals surface area contributed by atoms with Crippen molar-refractivity contribution < 1.29 is 9.47 Å². The van der Waals surface area contributed by atoms with Crippen LogP contribution in [0.5, 0.6) is 5.75 Å². The van der Waals surface area contributed by atoms with Crippen LogP contribution in [0.3, 0.4) is 0 Å². The second kappa shape index (κ2) is 7.90. The van der Waals surface area contributed by atoms with E-state index in [0.29, 0.717) is 23.9 Å². The molecule has 0 amide bonds. The summed E-state index contributed by atoms with van der Waals surface area (Å²) in [7, 11) is 1.89. The Morgan fingerprint density at radius 3 is 2.60 bits per heavy atom. The highest BCUT2D eigenvalue weighted by Gasteiger charge is 2.07. The Bertz CT molecular complexity index is 531. The molecule has 0 bridgehead atoms. The van der Waals surface area contributed by atoms with Crippen molar-refractivity contribution in [3.63, 3.8) is 0 Å². The van der Waals surface area contributed by atoms with Gasteiger partial charge in [0.15, 0.2) is 6.79 Å². The summed E-state index contributed by atoms with van der Waals surface area (Å²) in [6.07, 6.45) is 0. The molecule has 0 aliphatic carbocycles. The molecule has 0 saturated heterocycles. The maximum Gasteiger partial charge on any atom is 0.189 e. The Labute approximate surface area is 124 Å². The highest BCUT2D eigenvalue weighted by Crippen LogP contribution is 2.28. The molecule has 106 valence electrons. The molecule has 0 heterocycles. The zero-order valence-electron chi connectivity index (χ0n) is 11.4. The predicted octanol–water partition coefficient (Wildman–Crippen LogP) is 3.61. The van der Waals surface area contributed by atoms with Crippen LogP contribution in [-0.2, 0) is 17.9 Å². The van der Waals surface area contributed by atoms with Crippen LogP contribution >= 0.6 is 11.6 Å². The number of hydrogen-bond acceptors (Lipinski definition) is 3. The zero-order valence-corrected chi connectivity index (χ0v) is 12.2. The average Bonchev–Trinajstić information content (AvgIpc) is 2.47. The van der Waals surface area contributed by atoms with Crippen LogP contribution in [0.25, 0.3) is 0 Å². The summed E-state index contributed by atoms with van der Waals surface area (Å²) < 4.78 is 11.2. The molecule has 2 aromatic carbocycles. The normalized spacial score (nSPS) is 10.5. The number of nitrogens with one attached hydrogen (secondary N) is 1. The van der Waals surface area contributed by atoms with Gasteiger partial charge in [0.25, 0.3) is 0 Å². The lowest BCUT2D eigenvalue weighted by Crippen LogP contribution is -2.09. The quantitative estimate of drug-likeness (QED) is 0.624. The lowest BCUT2D eigenvalue weighted by Gasteiger charge is -2.13. The third-order valence-electron chi connectivity index (χ3n) is 2.81. The molecule has 0 aliphatic rings. The Kier molecular flexibility index (Phi) is 5.87. The SMILES string of the molecule is CNCc1cccc(Cl)c1OCOCc1ccccc1. The van der Waals surface area contributed by atoms with Crippen LogP contribution in [-0.4, -0.2) is 13.8 Å². The molecule has 0 saturated carbocycles. The van der Waals surface area contributed by atoms with Gasteiger partial charge in [-0.25, -0.2) is 0 Å². The van der Waals surface area contributed by atoms with E-state index >= 15 is 0 Å². The van der Waals surface area contributed by atoms with E-state index in [0.717, 1.165) is 11.1 Å². The number of benzene rings is 2. The van der Waals surface area contributed by atoms with Crippen molar-refractivity contribution in [3.05, 3.63) is 64.7 Å². The van der Waals surface area contributed by atoms with Crippen LogP contribution in [0.1, 0.15) is 11.1 Å². The molecule has 4 heteroatoms. The maximum absolute atomic E-state index is 6.15. The van der Waals surface area contributed by atoms with Gasteiger partial charge in [0.1, 0.15) is 5.75 Å². The van der Waals surface area contributed by atoms with Crippen molar-refractivity contribution in [1.82, 2.24) is 5.32 Å². The van der Waals surface area contributed by atoms with Gasteiger partial charge in [0, 0.05) is 12.1 Å². The molecule has 2 rings (SSSR count). The minimum absolute atomic E-state index is 0.176. The van der Waals surface area contributed by atoms with Gasteiger partial charge in [-0.05, 0) is 18.7 Å². The van der Waals surface area contributed by atoms with E-state index in [-0.39, 0.29) is 6.79 Å². The molecule has 20 heavy (non-hydrogen) atoms. The van der Waals surface area contributed by atoms with E-state index in [9.17, 15) is 0 Å². The summed E-state index contributed by atoms with van der Waals surface area (Å²) in [6, 6.07) is 15.7. The van der Waals surface area contributed by atoms with Gasteiger partial charge in [-0.3, -0.25) is 0 Å². The first-order valence-corrected chi connectivity index (χ1v) is 6.85. The summed E-state index contributed by atoms with van der Waals surface area (Å²) in [4.78, 5) is 0. The van der Waals surface area contributed by atoms with Crippen molar-refractivity contribution in [2.45, 2.75) is 13.2 Å². The minimum atomic E-state index is 0.176. The smallest absolute Gasteiger partial charge is 0.189 e. The number of rotatable bonds is 7. The van der Waals surface area contributed by atoms with Crippen LogP contribution < -0.4 is 10.1 Å². The van der Waals surface area contributed by atoms with Crippen molar-refractivity contribution in [2.75, 3.05) is 13.8 Å². The van der Waals surface area contributed by atoms with Crippen LogP contribution in [0.2, 0.25) is 5.02 Å². The number of ether oxygens (including phenoxy) is 2. The maximum atomic E-state index is 6.15. The zero-order chi connectivity index (χ0) is 14.2. The fourth-order valence-electron chi connectivity index (χ4n) is 1.88. The molecule has 2 aromatic rings. The molecular weight excluding hydrogens is 274 g/mol. The lowest BCUT2D eigenvalue weighted by molar-refractivity contribution is 0.00455. The first-order valence-electron chi connectivity index (χ1n) is 6.47. The molecule has 0 unspecified atom stereocenters. The molecular formula is C16H18ClNO2. The Balaban J connectivity index is 1.87. The van der Waals surface area contributed by atoms with Gasteiger partial charge in [0.2, 0.25) is 0 Å². The summed E-state index contributed by atoms with van der Waals surface area (Å²) >= 11 is 6.15. The fourth-order valence-corrected chi connectivity index (χ4v) is 2.13. The monoisotopic (exact) mass is 291 g/mol. The van der Waals surface area contributed by atoms with Crippen LogP contribution in [0.15, 0.2) is 48.5 Å². The summed E-state index contributed by atoms with van der Waals surface area (Å²) in [5, 5.41) is 3.69. The van der Waals surface area contributed by atoms with Gasteiger partial charge in [-0.2, -0.15) is 0 Å². The van der Waals surface area contributed by atoms with Gasteiger partial charge in [-0.1, -0.05) is 54.1 Å². The molecule has 0 fully saturated rings. The Morgan fingerprint density at radius 2 is 1.85 bits per heavy atom. The van der Waals surface area contributed by atoms with Crippen LogP contribution in [0.4, 0.5) is 0 Å². The van der Waals surface area contributed by atoms with E-state index in [1.165, 1.54) is 0 Å². The van der Waals surface area contributed by atoms with E-state index in [4.69, 9.17) is 21.1 Å². The number of para-hydroxylation sites is 1. The van der Waals surface area contributed by atoms with Gasteiger partial charge >= 0.3 is 0 Å². The van der Waals surface area contributed by atoms with Crippen molar-refractivity contribution in [1.29, 1.82) is 0 Å². The van der Waals surface area contributed by atoms with Gasteiger partial charge in [0.05, 0.1) is 11.6 Å². The standard InChI is InChI=1S/C16H18ClNO2/c1-18-10-14-8-5-9-15(17)16(14)20-12-19-11-13-6-3-2-4-7-13/h2-9,18H,10-12H2,1H3. The second-order valence-electron chi connectivity index (χ2n) is 4.35. The topological polar surface area (TPSA) is 30.5 Å². The average molecular weight is 292 g/mol. The number of halogens is 1. The van der Waals surface area contributed by atoms with E-state index in [1.54, 1.807) is 0 Å². The first-order chi connectivity index (χ1) is 9.81. The summed E-state index contributed by atoms with van der Waals surface area (Å²) in [6.45, 7) is 1.40. The molecule has 0 atom stereocenters. The third-order valence-corrected chi connectivity index (χ3v) is 3.11. The molecule has 0 radical (unpaired) electrons.